The first-order chi connectivity index (χ1) is 10.5. The Morgan fingerprint density at radius 2 is 2.14 bits per heavy atom. The van der Waals surface area contributed by atoms with Gasteiger partial charge in [0, 0.05) is 4.88 Å². The molecule has 0 spiro atoms. The molecule has 6 nitrogen and oxygen atoms in total. The summed E-state index contributed by atoms with van der Waals surface area (Å²) in [6, 6.07) is 4.93. The molecule has 2 aromatic rings. The van der Waals surface area contributed by atoms with Crippen LogP contribution >= 0.6 is 11.3 Å². The molecule has 0 aliphatic heterocycles. The van der Waals surface area contributed by atoms with Crippen LogP contribution < -0.4 is 5.32 Å². The highest BCUT2D eigenvalue weighted by molar-refractivity contribution is 7.14. The number of halogens is 1. The van der Waals surface area contributed by atoms with Crippen molar-refractivity contribution < 1.29 is 18.8 Å². The van der Waals surface area contributed by atoms with Gasteiger partial charge in [-0.05, 0) is 24.6 Å². The fourth-order valence-corrected chi connectivity index (χ4v) is 2.83. The molecule has 0 aliphatic carbocycles. The number of thiophene rings is 1. The summed E-state index contributed by atoms with van der Waals surface area (Å²) in [4.78, 5) is 23.3. The topological polar surface area (TPSA) is 81.5 Å². The molecule has 0 atom stereocenters. The summed E-state index contributed by atoms with van der Waals surface area (Å²) in [5, 5.41) is 13.8. The highest BCUT2D eigenvalue weighted by atomic mass is 32.1. The van der Waals surface area contributed by atoms with Gasteiger partial charge in [0.2, 0.25) is 0 Å². The van der Waals surface area contributed by atoms with Crippen molar-refractivity contribution in [3.05, 3.63) is 50.0 Å². The number of anilines is 2. The van der Waals surface area contributed by atoms with Crippen LogP contribution in [0.2, 0.25) is 0 Å². The van der Waals surface area contributed by atoms with Crippen molar-refractivity contribution >= 4 is 34.4 Å². The van der Waals surface area contributed by atoms with Crippen LogP contribution in [0, 0.1) is 15.9 Å². The Balaban J connectivity index is 2.45. The third-order valence-electron chi connectivity index (χ3n) is 2.93. The van der Waals surface area contributed by atoms with Crippen molar-refractivity contribution in [3.63, 3.8) is 0 Å². The molecule has 0 unspecified atom stereocenters. The summed E-state index contributed by atoms with van der Waals surface area (Å²) >= 11 is 1.25. The van der Waals surface area contributed by atoms with E-state index in [2.05, 4.69) is 5.32 Å². The molecule has 0 amide bonds. The maximum atomic E-state index is 13.2. The van der Waals surface area contributed by atoms with E-state index >= 15 is 0 Å². The Labute approximate surface area is 129 Å². The second-order valence-electron chi connectivity index (χ2n) is 4.34. The number of hydrogen-bond donors (Lipinski definition) is 1. The molecule has 22 heavy (non-hydrogen) atoms. The minimum Gasteiger partial charge on any atom is -0.465 e. The van der Waals surface area contributed by atoms with Crippen molar-refractivity contribution in [1.82, 2.24) is 0 Å². The van der Waals surface area contributed by atoms with Gasteiger partial charge in [0.25, 0.3) is 5.69 Å². The van der Waals surface area contributed by atoms with Gasteiger partial charge in [-0.15, -0.1) is 11.3 Å². The summed E-state index contributed by atoms with van der Waals surface area (Å²) in [6.07, 6.45) is 0.710. The van der Waals surface area contributed by atoms with Crippen molar-refractivity contribution in [2.24, 2.45) is 0 Å². The second kappa shape index (κ2) is 6.52. The number of carbonyl (C=O) groups is 1. The molecular weight excluding hydrogens is 311 g/mol. The summed E-state index contributed by atoms with van der Waals surface area (Å²) < 4.78 is 17.9. The van der Waals surface area contributed by atoms with Crippen molar-refractivity contribution in [2.75, 3.05) is 12.4 Å². The van der Waals surface area contributed by atoms with Crippen LogP contribution in [-0.4, -0.2) is 18.0 Å². The Hall–Kier alpha value is -2.48. The summed E-state index contributed by atoms with van der Waals surface area (Å²) in [5.41, 5.74) is 0.112. The van der Waals surface area contributed by atoms with Gasteiger partial charge in [-0.3, -0.25) is 10.1 Å². The molecule has 1 heterocycles. The van der Waals surface area contributed by atoms with Crippen LogP contribution in [0.25, 0.3) is 0 Å². The second-order valence-corrected chi connectivity index (χ2v) is 5.48. The molecule has 1 N–H and O–H groups in total. The van der Waals surface area contributed by atoms with Gasteiger partial charge in [-0.25, -0.2) is 9.18 Å². The van der Waals surface area contributed by atoms with Crippen LogP contribution in [0.4, 0.5) is 21.5 Å². The lowest BCUT2D eigenvalue weighted by Gasteiger charge is -2.07. The van der Waals surface area contributed by atoms with E-state index in [1.54, 1.807) is 6.07 Å². The number of hydrogen-bond acceptors (Lipinski definition) is 6. The van der Waals surface area contributed by atoms with E-state index in [9.17, 15) is 19.3 Å². The third kappa shape index (κ3) is 3.22. The van der Waals surface area contributed by atoms with Gasteiger partial charge in [0.15, 0.2) is 0 Å². The van der Waals surface area contributed by atoms with E-state index in [4.69, 9.17) is 4.74 Å². The lowest BCUT2D eigenvalue weighted by molar-refractivity contribution is -0.384. The van der Waals surface area contributed by atoms with Crippen molar-refractivity contribution in [1.29, 1.82) is 0 Å². The molecular formula is C14H13FN2O4S. The third-order valence-corrected chi connectivity index (χ3v) is 4.19. The van der Waals surface area contributed by atoms with Crippen LogP contribution in [0.15, 0.2) is 24.3 Å². The molecule has 2 rings (SSSR count). The Bertz CT molecular complexity index is 730. The number of ether oxygens (including phenoxy) is 1. The number of nitro groups is 1. The number of nitrogens with one attached hydrogen (secondary N) is 1. The molecule has 0 saturated heterocycles. The maximum absolute atomic E-state index is 13.2. The lowest BCUT2D eigenvalue weighted by atomic mass is 10.2. The number of nitro benzene ring substituents is 1. The first-order valence-electron chi connectivity index (χ1n) is 6.38. The lowest BCUT2D eigenvalue weighted by Crippen LogP contribution is -2.03. The molecule has 116 valence electrons. The van der Waals surface area contributed by atoms with E-state index in [0.717, 1.165) is 17.0 Å². The largest absolute Gasteiger partial charge is 0.465 e. The summed E-state index contributed by atoms with van der Waals surface area (Å²) in [6.45, 7) is 1.93. The van der Waals surface area contributed by atoms with Crippen LogP contribution in [0.5, 0.6) is 0 Å². The van der Waals surface area contributed by atoms with Gasteiger partial charge >= 0.3 is 5.97 Å². The number of rotatable bonds is 5. The van der Waals surface area contributed by atoms with Gasteiger partial charge in [0.05, 0.1) is 23.8 Å². The van der Waals surface area contributed by atoms with E-state index in [1.807, 2.05) is 6.92 Å². The van der Waals surface area contributed by atoms with Gasteiger partial charge in [-0.2, -0.15) is 0 Å². The molecule has 1 aromatic heterocycles. The fourth-order valence-electron chi connectivity index (χ4n) is 1.86. The SMILES string of the molecule is CCc1cc(Nc2ccc(F)cc2[N+](=O)[O-])c(C(=O)OC)s1. The minimum absolute atomic E-state index is 0.108. The molecule has 1 aromatic carbocycles. The molecule has 0 radical (unpaired) electrons. The van der Waals surface area contributed by atoms with Crippen LogP contribution in [0.3, 0.4) is 0 Å². The molecule has 0 aliphatic rings. The fraction of sp³-hybridized carbons (Fsp3) is 0.214. The predicted molar refractivity (Wildman–Crippen MR) is 81.4 cm³/mol. The van der Waals surface area contributed by atoms with E-state index in [0.29, 0.717) is 17.0 Å². The minimum atomic E-state index is -0.704. The first-order valence-corrected chi connectivity index (χ1v) is 7.20. The van der Waals surface area contributed by atoms with Gasteiger partial charge in [0.1, 0.15) is 16.4 Å². The van der Waals surface area contributed by atoms with E-state index in [-0.39, 0.29) is 5.69 Å². The van der Waals surface area contributed by atoms with Crippen LogP contribution in [-0.2, 0) is 11.2 Å². The normalized spacial score (nSPS) is 10.3. The van der Waals surface area contributed by atoms with Crippen molar-refractivity contribution in [3.8, 4) is 0 Å². The summed E-state index contributed by atoms with van der Waals surface area (Å²) in [7, 11) is 1.26. The standard InChI is InChI=1S/C14H13FN2O4S/c1-3-9-7-11(13(22-9)14(18)21-2)16-10-5-4-8(15)6-12(10)17(19)20/h4-7,16H,3H2,1-2H3. The Morgan fingerprint density at radius 3 is 2.73 bits per heavy atom. The van der Waals surface area contributed by atoms with E-state index < -0.39 is 22.4 Å². The Kier molecular flexibility index (Phi) is 4.71. The molecule has 0 bridgehead atoms. The number of carbonyl (C=O) groups excluding carboxylic acids is 1. The predicted octanol–water partition coefficient (Wildman–Crippen LogP) is 3.89. The smallest absolute Gasteiger partial charge is 0.350 e. The number of nitrogens with zero attached hydrogens (tertiary/aromatic N) is 1. The summed E-state index contributed by atoms with van der Waals surface area (Å²) in [5.74, 6) is -1.23. The number of aryl methyl sites for hydroxylation is 1. The quantitative estimate of drug-likeness (QED) is 0.512. The molecule has 0 fully saturated rings. The zero-order chi connectivity index (χ0) is 16.3. The van der Waals surface area contributed by atoms with Gasteiger partial charge < -0.3 is 10.1 Å². The monoisotopic (exact) mass is 324 g/mol. The molecule has 8 heteroatoms. The average molecular weight is 324 g/mol. The zero-order valence-corrected chi connectivity index (χ0v) is 12.7. The maximum Gasteiger partial charge on any atom is 0.350 e. The number of methoxy groups -OCH3 is 1. The highest BCUT2D eigenvalue weighted by Crippen LogP contribution is 2.34. The van der Waals surface area contributed by atoms with Crippen molar-refractivity contribution in [2.45, 2.75) is 13.3 Å². The highest BCUT2D eigenvalue weighted by Gasteiger charge is 2.20. The average Bonchev–Trinajstić information content (AvgIpc) is 2.91. The first kappa shape index (κ1) is 15.9. The zero-order valence-electron chi connectivity index (χ0n) is 11.9. The van der Waals surface area contributed by atoms with E-state index in [1.165, 1.54) is 24.5 Å². The Morgan fingerprint density at radius 1 is 1.41 bits per heavy atom. The van der Waals surface area contributed by atoms with Gasteiger partial charge in [-0.1, -0.05) is 6.92 Å². The number of esters is 1. The van der Waals surface area contributed by atoms with Crippen LogP contribution in [0.1, 0.15) is 21.5 Å². The number of benzene rings is 1. The molecule has 0 saturated carbocycles.